The van der Waals surface area contributed by atoms with Crippen molar-refractivity contribution in [2.75, 3.05) is 6.61 Å². The minimum absolute atomic E-state index is 0.0305. The van der Waals surface area contributed by atoms with E-state index >= 15 is 0 Å². The Balaban J connectivity index is 3.72. The maximum absolute atomic E-state index is 11.3. The molecule has 0 aromatic heterocycles. The quantitative estimate of drug-likeness (QED) is 0.658. The second-order valence-electron chi connectivity index (χ2n) is 3.57. The van der Waals surface area contributed by atoms with Crippen LogP contribution in [-0.4, -0.2) is 23.7 Å². The van der Waals surface area contributed by atoms with Crippen LogP contribution >= 0.6 is 0 Å². The summed E-state index contributed by atoms with van der Waals surface area (Å²) in [6, 6.07) is -0.0726. The lowest BCUT2D eigenvalue weighted by atomic mass is 10.0. The van der Waals surface area contributed by atoms with Crippen LogP contribution in [-0.2, 0) is 4.79 Å². The van der Waals surface area contributed by atoms with Crippen molar-refractivity contribution in [2.45, 2.75) is 46.1 Å². The molecular formula is C10H21NO2. The van der Waals surface area contributed by atoms with E-state index in [2.05, 4.69) is 19.2 Å². The highest BCUT2D eigenvalue weighted by atomic mass is 16.3. The van der Waals surface area contributed by atoms with Crippen molar-refractivity contribution in [2.24, 2.45) is 5.92 Å². The lowest BCUT2D eigenvalue weighted by molar-refractivity contribution is -0.122. The van der Waals surface area contributed by atoms with Crippen molar-refractivity contribution in [1.29, 1.82) is 0 Å². The number of hydrogen-bond donors (Lipinski definition) is 2. The first-order valence-electron chi connectivity index (χ1n) is 5.04. The van der Waals surface area contributed by atoms with Crippen LogP contribution in [0.5, 0.6) is 0 Å². The van der Waals surface area contributed by atoms with Gasteiger partial charge in [-0.25, -0.2) is 0 Å². The van der Waals surface area contributed by atoms with E-state index in [-0.39, 0.29) is 18.6 Å². The summed E-state index contributed by atoms with van der Waals surface area (Å²) in [7, 11) is 0. The molecule has 2 N–H and O–H groups in total. The zero-order chi connectivity index (χ0) is 10.3. The number of nitrogens with one attached hydrogen (secondary N) is 1. The summed E-state index contributed by atoms with van der Waals surface area (Å²) in [5.41, 5.74) is 0. The van der Waals surface area contributed by atoms with Gasteiger partial charge in [-0.1, -0.05) is 27.2 Å². The van der Waals surface area contributed by atoms with Gasteiger partial charge in [0.1, 0.15) is 0 Å². The number of amides is 1. The third-order valence-corrected chi connectivity index (χ3v) is 2.31. The van der Waals surface area contributed by atoms with Gasteiger partial charge in [-0.3, -0.25) is 4.79 Å². The first kappa shape index (κ1) is 12.4. The van der Waals surface area contributed by atoms with Crippen LogP contribution in [0.15, 0.2) is 0 Å². The Morgan fingerprint density at radius 1 is 1.38 bits per heavy atom. The van der Waals surface area contributed by atoms with Crippen LogP contribution in [0.1, 0.15) is 40.0 Å². The van der Waals surface area contributed by atoms with Gasteiger partial charge in [0, 0.05) is 6.42 Å². The van der Waals surface area contributed by atoms with Gasteiger partial charge in [0.05, 0.1) is 12.6 Å². The van der Waals surface area contributed by atoms with Gasteiger partial charge in [0.2, 0.25) is 5.91 Å². The number of carbonyl (C=O) groups excluding carboxylic acids is 1. The summed E-state index contributed by atoms with van der Waals surface area (Å²) >= 11 is 0. The SMILES string of the molecule is CCC(C)CC(=O)N[C@H](CC)CO. The summed E-state index contributed by atoms with van der Waals surface area (Å²) in [6.45, 7) is 6.11. The van der Waals surface area contributed by atoms with Crippen LogP contribution in [0, 0.1) is 5.92 Å². The van der Waals surface area contributed by atoms with Gasteiger partial charge in [0.15, 0.2) is 0 Å². The number of aliphatic hydroxyl groups excluding tert-OH is 1. The molecule has 1 unspecified atom stereocenters. The second kappa shape index (κ2) is 6.89. The molecule has 0 aliphatic carbocycles. The van der Waals surface area contributed by atoms with E-state index in [1.807, 2.05) is 6.92 Å². The molecule has 0 aromatic carbocycles. The molecule has 0 aliphatic rings. The monoisotopic (exact) mass is 187 g/mol. The van der Waals surface area contributed by atoms with Crippen molar-refractivity contribution in [3.63, 3.8) is 0 Å². The molecule has 0 aromatic rings. The lowest BCUT2D eigenvalue weighted by Crippen LogP contribution is -2.37. The molecule has 1 amide bonds. The Morgan fingerprint density at radius 2 is 2.00 bits per heavy atom. The Morgan fingerprint density at radius 3 is 2.38 bits per heavy atom. The molecule has 78 valence electrons. The zero-order valence-corrected chi connectivity index (χ0v) is 8.84. The number of rotatable bonds is 6. The Hall–Kier alpha value is -0.570. The number of aliphatic hydroxyl groups is 1. The van der Waals surface area contributed by atoms with Crippen LogP contribution in [0.4, 0.5) is 0 Å². The highest BCUT2D eigenvalue weighted by Gasteiger charge is 2.11. The highest BCUT2D eigenvalue weighted by Crippen LogP contribution is 2.06. The molecule has 0 fully saturated rings. The molecule has 0 aliphatic heterocycles. The predicted molar refractivity (Wildman–Crippen MR) is 53.4 cm³/mol. The second-order valence-corrected chi connectivity index (χ2v) is 3.57. The largest absolute Gasteiger partial charge is 0.394 e. The van der Waals surface area contributed by atoms with Crippen LogP contribution < -0.4 is 5.32 Å². The van der Waals surface area contributed by atoms with E-state index in [1.54, 1.807) is 0 Å². The molecule has 3 heteroatoms. The average molecular weight is 187 g/mol. The van der Waals surface area contributed by atoms with E-state index in [9.17, 15) is 4.79 Å². The standard InChI is InChI=1S/C10H21NO2/c1-4-8(3)6-10(13)11-9(5-2)7-12/h8-9,12H,4-7H2,1-3H3,(H,11,13)/t8?,9-/m1/s1. The Labute approximate surface area is 80.5 Å². The summed E-state index contributed by atoms with van der Waals surface area (Å²) in [5, 5.41) is 11.6. The molecular weight excluding hydrogens is 166 g/mol. The van der Waals surface area contributed by atoms with Gasteiger partial charge in [-0.05, 0) is 12.3 Å². The smallest absolute Gasteiger partial charge is 0.220 e. The molecule has 0 radical (unpaired) electrons. The molecule has 2 atom stereocenters. The third kappa shape index (κ3) is 5.64. The molecule has 0 heterocycles. The fourth-order valence-corrected chi connectivity index (χ4v) is 1.02. The number of hydrogen-bond acceptors (Lipinski definition) is 2. The molecule has 0 saturated heterocycles. The Bertz CT molecular complexity index is 144. The summed E-state index contributed by atoms with van der Waals surface area (Å²) in [5.74, 6) is 0.478. The number of carbonyl (C=O) groups is 1. The van der Waals surface area contributed by atoms with Gasteiger partial charge >= 0.3 is 0 Å². The molecule has 0 spiro atoms. The lowest BCUT2D eigenvalue weighted by Gasteiger charge is -2.15. The van der Waals surface area contributed by atoms with Crippen molar-refractivity contribution >= 4 is 5.91 Å². The van der Waals surface area contributed by atoms with E-state index in [0.29, 0.717) is 12.3 Å². The van der Waals surface area contributed by atoms with Crippen molar-refractivity contribution < 1.29 is 9.90 Å². The fourth-order valence-electron chi connectivity index (χ4n) is 1.02. The predicted octanol–water partition coefficient (Wildman–Crippen LogP) is 1.31. The van der Waals surface area contributed by atoms with E-state index in [4.69, 9.17) is 5.11 Å². The first-order chi connectivity index (χ1) is 6.13. The molecule has 0 rings (SSSR count). The van der Waals surface area contributed by atoms with E-state index < -0.39 is 0 Å². The van der Waals surface area contributed by atoms with Gasteiger partial charge < -0.3 is 10.4 Å². The minimum atomic E-state index is -0.0726. The maximum Gasteiger partial charge on any atom is 0.220 e. The molecule has 13 heavy (non-hydrogen) atoms. The summed E-state index contributed by atoms with van der Waals surface area (Å²) in [4.78, 5) is 11.3. The van der Waals surface area contributed by atoms with Crippen LogP contribution in [0.25, 0.3) is 0 Å². The van der Waals surface area contributed by atoms with E-state index in [1.165, 1.54) is 0 Å². The van der Waals surface area contributed by atoms with Crippen molar-refractivity contribution in [1.82, 2.24) is 5.32 Å². The minimum Gasteiger partial charge on any atom is -0.394 e. The van der Waals surface area contributed by atoms with Crippen LogP contribution in [0.2, 0.25) is 0 Å². The molecule has 0 saturated carbocycles. The van der Waals surface area contributed by atoms with Gasteiger partial charge in [0.25, 0.3) is 0 Å². The van der Waals surface area contributed by atoms with Crippen molar-refractivity contribution in [3.05, 3.63) is 0 Å². The normalized spacial score (nSPS) is 15.1. The molecule has 3 nitrogen and oxygen atoms in total. The van der Waals surface area contributed by atoms with Gasteiger partial charge in [-0.2, -0.15) is 0 Å². The van der Waals surface area contributed by atoms with Crippen LogP contribution in [0.3, 0.4) is 0 Å². The maximum atomic E-state index is 11.3. The molecule has 0 bridgehead atoms. The summed E-state index contributed by atoms with van der Waals surface area (Å²) in [6.07, 6.45) is 2.36. The van der Waals surface area contributed by atoms with Crippen molar-refractivity contribution in [3.8, 4) is 0 Å². The first-order valence-corrected chi connectivity index (χ1v) is 5.04. The van der Waals surface area contributed by atoms with Gasteiger partial charge in [-0.15, -0.1) is 0 Å². The summed E-state index contributed by atoms with van der Waals surface area (Å²) < 4.78 is 0. The third-order valence-electron chi connectivity index (χ3n) is 2.31. The fraction of sp³-hybridized carbons (Fsp3) is 0.900. The highest BCUT2D eigenvalue weighted by molar-refractivity contribution is 5.76. The average Bonchev–Trinajstić information content (AvgIpc) is 2.13. The Kier molecular flexibility index (Phi) is 6.59. The van der Waals surface area contributed by atoms with E-state index in [0.717, 1.165) is 12.8 Å². The zero-order valence-electron chi connectivity index (χ0n) is 8.84. The topological polar surface area (TPSA) is 49.3 Å².